The van der Waals surface area contributed by atoms with Crippen molar-refractivity contribution in [1.29, 1.82) is 0 Å². The van der Waals surface area contributed by atoms with Gasteiger partial charge in [0, 0.05) is 31.9 Å². The van der Waals surface area contributed by atoms with Crippen molar-refractivity contribution >= 4 is 8.80 Å². The summed E-state index contributed by atoms with van der Waals surface area (Å²) in [4.78, 5) is 0. The van der Waals surface area contributed by atoms with Crippen LogP contribution in [0.15, 0.2) is 0 Å². The molecule has 0 bridgehead atoms. The fraction of sp³-hybridized carbons (Fsp3) is 1.00. The molecule has 2 N–H and O–H groups in total. The van der Waals surface area contributed by atoms with Gasteiger partial charge < -0.3 is 19.0 Å². The summed E-state index contributed by atoms with van der Waals surface area (Å²) in [5.74, 6) is 0. The number of nitrogens with two attached hydrogens (primary N) is 1. The Labute approximate surface area is 120 Å². The highest BCUT2D eigenvalue weighted by atomic mass is 28.4. The maximum Gasteiger partial charge on any atom is 0.500 e. The van der Waals surface area contributed by atoms with Crippen molar-refractivity contribution in [3.05, 3.63) is 0 Å². The van der Waals surface area contributed by atoms with Gasteiger partial charge in [0.1, 0.15) is 0 Å². The van der Waals surface area contributed by atoms with Gasteiger partial charge in [0.2, 0.25) is 0 Å². The summed E-state index contributed by atoms with van der Waals surface area (Å²) in [5.41, 5.74) is 6.17. The first kappa shape index (κ1) is 19.1. The van der Waals surface area contributed by atoms with E-state index in [-0.39, 0.29) is 6.04 Å². The van der Waals surface area contributed by atoms with Crippen molar-refractivity contribution in [3.8, 4) is 0 Å². The first-order valence-corrected chi connectivity index (χ1v) is 9.74. The first-order valence-electron chi connectivity index (χ1n) is 7.81. The lowest BCUT2D eigenvalue weighted by Crippen LogP contribution is -2.46. The van der Waals surface area contributed by atoms with Crippen LogP contribution >= 0.6 is 0 Å². The third kappa shape index (κ3) is 8.76. The Balaban J connectivity index is 4.21. The van der Waals surface area contributed by atoms with Crippen molar-refractivity contribution in [2.45, 2.75) is 71.9 Å². The molecule has 1 unspecified atom stereocenters. The highest BCUT2D eigenvalue weighted by Gasteiger charge is 2.40. The van der Waals surface area contributed by atoms with Gasteiger partial charge in [-0.05, 0) is 33.6 Å². The summed E-state index contributed by atoms with van der Waals surface area (Å²) in [7, 11) is -2.49. The van der Waals surface area contributed by atoms with E-state index in [0.29, 0.717) is 19.8 Å². The van der Waals surface area contributed by atoms with Crippen LogP contribution in [0.1, 0.15) is 59.8 Å². The lowest BCUT2D eigenvalue weighted by atomic mass is 10.1. The fourth-order valence-corrected chi connectivity index (χ4v) is 4.89. The Morgan fingerprint density at radius 3 is 1.79 bits per heavy atom. The van der Waals surface area contributed by atoms with Crippen LogP contribution in [-0.4, -0.2) is 34.7 Å². The van der Waals surface area contributed by atoms with E-state index < -0.39 is 8.80 Å². The number of hydrogen-bond acceptors (Lipinski definition) is 4. The van der Waals surface area contributed by atoms with Gasteiger partial charge in [0.25, 0.3) is 0 Å². The molecule has 0 amide bonds. The van der Waals surface area contributed by atoms with Crippen molar-refractivity contribution in [1.82, 2.24) is 0 Å². The second-order valence-corrected chi connectivity index (χ2v) is 7.51. The molecule has 116 valence electrons. The molecular weight excluding hydrogens is 258 g/mol. The molecule has 1 atom stereocenters. The van der Waals surface area contributed by atoms with Crippen LogP contribution < -0.4 is 5.73 Å². The summed E-state index contributed by atoms with van der Waals surface area (Å²) >= 11 is 0. The molecule has 0 radical (unpaired) electrons. The SMILES string of the molecule is CCCCCC(N)CC[Si](OCC)(OCC)OCC. The quantitative estimate of drug-likeness (QED) is 0.418. The van der Waals surface area contributed by atoms with E-state index in [9.17, 15) is 0 Å². The topological polar surface area (TPSA) is 53.7 Å². The molecule has 0 saturated carbocycles. The van der Waals surface area contributed by atoms with Crippen LogP contribution in [0.25, 0.3) is 0 Å². The zero-order valence-electron chi connectivity index (χ0n) is 13.2. The average Bonchev–Trinajstić information content (AvgIpc) is 2.38. The monoisotopic (exact) mass is 291 g/mol. The zero-order valence-corrected chi connectivity index (χ0v) is 14.2. The third-order valence-corrected chi connectivity index (χ3v) is 6.18. The van der Waals surface area contributed by atoms with Crippen molar-refractivity contribution in [2.24, 2.45) is 5.73 Å². The molecular formula is C14H33NO3Si. The first-order chi connectivity index (χ1) is 9.14. The molecule has 5 heteroatoms. The number of hydrogen-bond donors (Lipinski definition) is 1. The summed E-state index contributed by atoms with van der Waals surface area (Å²) in [6.07, 6.45) is 5.73. The van der Waals surface area contributed by atoms with Crippen LogP contribution in [0.3, 0.4) is 0 Å². The highest BCUT2D eigenvalue weighted by molar-refractivity contribution is 6.60. The van der Waals surface area contributed by atoms with Crippen LogP contribution in [0.2, 0.25) is 6.04 Å². The molecule has 4 nitrogen and oxygen atoms in total. The van der Waals surface area contributed by atoms with E-state index in [0.717, 1.165) is 18.9 Å². The molecule has 0 aromatic carbocycles. The number of rotatable bonds is 13. The second kappa shape index (κ2) is 11.8. The van der Waals surface area contributed by atoms with Gasteiger partial charge in [0.05, 0.1) is 0 Å². The molecule has 19 heavy (non-hydrogen) atoms. The molecule has 0 fully saturated rings. The Morgan fingerprint density at radius 2 is 1.37 bits per heavy atom. The minimum Gasteiger partial charge on any atom is -0.374 e. The predicted molar refractivity (Wildman–Crippen MR) is 82.2 cm³/mol. The minimum absolute atomic E-state index is 0.236. The van der Waals surface area contributed by atoms with Gasteiger partial charge in [-0.25, -0.2) is 0 Å². The maximum atomic E-state index is 6.17. The fourth-order valence-electron chi connectivity index (χ4n) is 2.16. The van der Waals surface area contributed by atoms with Crippen molar-refractivity contribution in [3.63, 3.8) is 0 Å². The Morgan fingerprint density at radius 1 is 0.842 bits per heavy atom. The van der Waals surface area contributed by atoms with E-state index in [2.05, 4.69) is 6.92 Å². The zero-order chi connectivity index (χ0) is 14.6. The summed E-state index contributed by atoms with van der Waals surface area (Å²) < 4.78 is 17.5. The average molecular weight is 292 g/mol. The lowest BCUT2D eigenvalue weighted by Gasteiger charge is -2.29. The van der Waals surface area contributed by atoms with Crippen molar-refractivity contribution in [2.75, 3.05) is 19.8 Å². The van der Waals surface area contributed by atoms with Crippen molar-refractivity contribution < 1.29 is 13.3 Å². The normalized spacial score (nSPS) is 13.7. The summed E-state index contributed by atoms with van der Waals surface area (Å²) in [5, 5.41) is 0. The van der Waals surface area contributed by atoms with Crippen LogP contribution in [0, 0.1) is 0 Å². The molecule has 0 aliphatic rings. The van der Waals surface area contributed by atoms with Gasteiger partial charge in [-0.2, -0.15) is 0 Å². The van der Waals surface area contributed by atoms with E-state index in [1.807, 2.05) is 20.8 Å². The predicted octanol–water partition coefficient (Wildman–Crippen LogP) is 3.33. The second-order valence-electron chi connectivity index (χ2n) is 4.78. The lowest BCUT2D eigenvalue weighted by molar-refractivity contribution is 0.0702. The molecule has 0 heterocycles. The molecule has 0 aromatic rings. The molecule has 0 aliphatic carbocycles. The van der Waals surface area contributed by atoms with Crippen LogP contribution in [0.5, 0.6) is 0 Å². The largest absolute Gasteiger partial charge is 0.500 e. The van der Waals surface area contributed by atoms with Gasteiger partial charge in [-0.3, -0.25) is 0 Å². The summed E-state index contributed by atoms with van der Waals surface area (Å²) in [6, 6.07) is 1.07. The Hall–Kier alpha value is 0.0569. The van der Waals surface area contributed by atoms with E-state index in [1.165, 1.54) is 19.3 Å². The van der Waals surface area contributed by atoms with Crippen LogP contribution in [-0.2, 0) is 13.3 Å². The highest BCUT2D eigenvalue weighted by Crippen LogP contribution is 2.20. The van der Waals surface area contributed by atoms with E-state index in [4.69, 9.17) is 19.0 Å². The van der Waals surface area contributed by atoms with Gasteiger partial charge in [-0.1, -0.05) is 26.2 Å². The van der Waals surface area contributed by atoms with Gasteiger partial charge >= 0.3 is 8.80 Å². The van der Waals surface area contributed by atoms with E-state index in [1.54, 1.807) is 0 Å². The smallest absolute Gasteiger partial charge is 0.374 e. The minimum atomic E-state index is -2.49. The molecule has 0 aliphatic heterocycles. The maximum absolute atomic E-state index is 6.17. The van der Waals surface area contributed by atoms with Crippen LogP contribution in [0.4, 0.5) is 0 Å². The molecule has 0 saturated heterocycles. The standard InChI is InChI=1S/C14H33NO3Si/c1-5-9-10-11-14(15)12-13-19(16-6-2,17-7-3)18-8-4/h14H,5-13,15H2,1-4H3. The molecule has 0 spiro atoms. The molecule has 0 aromatic heterocycles. The summed E-state index contributed by atoms with van der Waals surface area (Å²) in [6.45, 7) is 10.1. The van der Waals surface area contributed by atoms with Gasteiger partial charge in [-0.15, -0.1) is 0 Å². The third-order valence-electron chi connectivity index (χ3n) is 3.09. The van der Waals surface area contributed by atoms with Gasteiger partial charge in [0.15, 0.2) is 0 Å². The molecule has 0 rings (SSSR count). The number of unbranched alkanes of at least 4 members (excludes halogenated alkanes) is 2. The Kier molecular flexibility index (Phi) is 11.9. The Bertz CT molecular complexity index is 188. The van der Waals surface area contributed by atoms with E-state index >= 15 is 0 Å².